The molecule has 0 saturated carbocycles. The Bertz CT molecular complexity index is 836. The van der Waals surface area contributed by atoms with Crippen molar-refractivity contribution in [3.05, 3.63) is 64.0 Å². The van der Waals surface area contributed by atoms with Crippen molar-refractivity contribution >= 4 is 28.1 Å². The van der Waals surface area contributed by atoms with Gasteiger partial charge in [-0.05, 0) is 18.2 Å². The van der Waals surface area contributed by atoms with E-state index in [1.807, 2.05) is 24.3 Å². The van der Waals surface area contributed by atoms with E-state index in [4.69, 9.17) is 11.1 Å². The molecule has 0 spiro atoms. The number of non-ortho nitro benzene ring substituents is 1. The Morgan fingerprint density at radius 2 is 2.05 bits per heavy atom. The van der Waals surface area contributed by atoms with Gasteiger partial charge in [-0.15, -0.1) is 0 Å². The number of fused-ring (bicyclic) bond motifs is 1. The van der Waals surface area contributed by atoms with Crippen molar-refractivity contribution in [2.75, 3.05) is 5.73 Å². The van der Waals surface area contributed by atoms with Crippen molar-refractivity contribution in [2.45, 2.75) is 0 Å². The van der Waals surface area contributed by atoms with Gasteiger partial charge in [0.15, 0.2) is 5.82 Å². The molecular formula is C14H11N5O2. The van der Waals surface area contributed by atoms with Crippen LogP contribution in [0.15, 0.2) is 42.5 Å². The largest absolute Gasteiger partial charge is 0.398 e. The number of nitro benzene ring substituents is 1. The minimum atomic E-state index is -0.519. The first-order valence-electron chi connectivity index (χ1n) is 6.14. The van der Waals surface area contributed by atoms with Gasteiger partial charge in [0, 0.05) is 23.4 Å². The molecule has 0 amide bonds. The SMILES string of the molecule is N=C(c1nc2ccccc2[nH]1)c1cc([N+](=O)[O-])ccc1N. The molecule has 0 aliphatic rings. The Labute approximate surface area is 119 Å². The van der Waals surface area contributed by atoms with Crippen LogP contribution in [-0.4, -0.2) is 20.6 Å². The molecule has 0 atom stereocenters. The number of nitrogen functional groups attached to an aromatic ring is 1. The number of aromatic nitrogens is 2. The normalized spacial score (nSPS) is 10.7. The van der Waals surface area contributed by atoms with Crippen molar-refractivity contribution in [1.82, 2.24) is 9.97 Å². The number of rotatable bonds is 3. The van der Waals surface area contributed by atoms with Gasteiger partial charge in [-0.2, -0.15) is 0 Å². The number of anilines is 1. The average Bonchev–Trinajstić information content (AvgIpc) is 2.90. The number of nitrogens with zero attached hydrogens (tertiary/aromatic N) is 2. The molecular weight excluding hydrogens is 270 g/mol. The van der Waals surface area contributed by atoms with Gasteiger partial charge in [-0.3, -0.25) is 15.5 Å². The maximum atomic E-state index is 10.8. The van der Waals surface area contributed by atoms with E-state index in [9.17, 15) is 10.1 Å². The summed E-state index contributed by atoms with van der Waals surface area (Å²) in [6.45, 7) is 0. The molecule has 3 aromatic rings. The molecule has 0 aliphatic carbocycles. The summed E-state index contributed by atoms with van der Waals surface area (Å²) in [5, 5.41) is 19.0. The Morgan fingerprint density at radius 1 is 1.29 bits per heavy atom. The third-order valence-corrected chi connectivity index (χ3v) is 3.14. The first kappa shape index (κ1) is 12.8. The topological polar surface area (TPSA) is 122 Å². The summed E-state index contributed by atoms with van der Waals surface area (Å²) in [4.78, 5) is 17.6. The summed E-state index contributed by atoms with van der Waals surface area (Å²) in [6, 6.07) is 11.4. The van der Waals surface area contributed by atoms with Crippen molar-refractivity contribution in [1.29, 1.82) is 5.41 Å². The first-order chi connectivity index (χ1) is 10.1. The van der Waals surface area contributed by atoms with Crippen LogP contribution in [0.3, 0.4) is 0 Å². The van der Waals surface area contributed by atoms with E-state index in [2.05, 4.69) is 9.97 Å². The van der Waals surface area contributed by atoms with Crippen molar-refractivity contribution < 1.29 is 4.92 Å². The van der Waals surface area contributed by atoms with Crippen LogP contribution in [0, 0.1) is 15.5 Å². The van der Waals surface area contributed by atoms with Gasteiger partial charge in [0.25, 0.3) is 5.69 Å². The van der Waals surface area contributed by atoms with E-state index >= 15 is 0 Å². The first-order valence-corrected chi connectivity index (χ1v) is 6.14. The molecule has 1 heterocycles. The van der Waals surface area contributed by atoms with Crippen molar-refractivity contribution in [2.24, 2.45) is 0 Å². The zero-order chi connectivity index (χ0) is 15.0. The molecule has 104 valence electrons. The van der Waals surface area contributed by atoms with Crippen LogP contribution in [0.5, 0.6) is 0 Å². The Morgan fingerprint density at radius 3 is 2.76 bits per heavy atom. The Hall–Kier alpha value is -3.22. The molecule has 7 heteroatoms. The number of hydrogen-bond donors (Lipinski definition) is 3. The van der Waals surface area contributed by atoms with Gasteiger partial charge < -0.3 is 10.7 Å². The van der Waals surface area contributed by atoms with E-state index in [1.54, 1.807) is 0 Å². The number of imidazole rings is 1. The molecule has 4 N–H and O–H groups in total. The summed E-state index contributed by atoms with van der Waals surface area (Å²) < 4.78 is 0. The quantitative estimate of drug-likeness (QED) is 0.295. The monoisotopic (exact) mass is 281 g/mol. The van der Waals surface area contributed by atoms with Gasteiger partial charge in [0.2, 0.25) is 0 Å². The predicted octanol–water partition coefficient (Wildman–Crippen LogP) is 2.47. The van der Waals surface area contributed by atoms with E-state index in [0.717, 1.165) is 11.0 Å². The van der Waals surface area contributed by atoms with Gasteiger partial charge in [0.05, 0.1) is 16.0 Å². The fourth-order valence-corrected chi connectivity index (χ4v) is 2.07. The van der Waals surface area contributed by atoms with Crippen LogP contribution in [-0.2, 0) is 0 Å². The second kappa shape index (κ2) is 4.71. The third kappa shape index (κ3) is 2.20. The molecule has 3 rings (SSSR count). The second-order valence-electron chi connectivity index (χ2n) is 4.51. The van der Waals surface area contributed by atoms with Crippen molar-refractivity contribution in [3.63, 3.8) is 0 Å². The fraction of sp³-hybridized carbons (Fsp3) is 0. The maximum absolute atomic E-state index is 10.8. The van der Waals surface area contributed by atoms with Crippen LogP contribution in [0.4, 0.5) is 11.4 Å². The molecule has 0 unspecified atom stereocenters. The van der Waals surface area contributed by atoms with E-state index in [-0.39, 0.29) is 17.0 Å². The third-order valence-electron chi connectivity index (χ3n) is 3.14. The predicted molar refractivity (Wildman–Crippen MR) is 79.5 cm³/mol. The van der Waals surface area contributed by atoms with Crippen LogP contribution in [0.2, 0.25) is 0 Å². The standard InChI is InChI=1S/C14H11N5O2/c15-10-6-5-8(19(20)21)7-9(10)13(16)14-17-11-3-1-2-4-12(11)18-14/h1-7,16H,15H2,(H,17,18). The molecule has 0 bridgehead atoms. The van der Waals surface area contributed by atoms with Crippen LogP contribution in [0.1, 0.15) is 11.4 Å². The highest BCUT2D eigenvalue weighted by atomic mass is 16.6. The highest BCUT2D eigenvalue weighted by molar-refractivity contribution is 6.13. The van der Waals surface area contributed by atoms with Gasteiger partial charge in [-0.1, -0.05) is 12.1 Å². The molecule has 21 heavy (non-hydrogen) atoms. The lowest BCUT2D eigenvalue weighted by Crippen LogP contribution is -2.08. The lowest BCUT2D eigenvalue weighted by atomic mass is 10.1. The molecule has 0 aliphatic heterocycles. The van der Waals surface area contributed by atoms with Crippen molar-refractivity contribution in [3.8, 4) is 0 Å². The zero-order valence-electron chi connectivity index (χ0n) is 10.8. The number of nitrogens with one attached hydrogen (secondary N) is 2. The van der Waals surface area contributed by atoms with Gasteiger partial charge in [0.1, 0.15) is 5.71 Å². The Balaban J connectivity index is 2.09. The molecule has 2 aromatic carbocycles. The van der Waals surface area contributed by atoms with Crippen LogP contribution < -0.4 is 5.73 Å². The Kier molecular flexibility index (Phi) is 2.87. The van der Waals surface area contributed by atoms with E-state index in [0.29, 0.717) is 11.5 Å². The maximum Gasteiger partial charge on any atom is 0.270 e. The summed E-state index contributed by atoms with van der Waals surface area (Å²) in [5.74, 6) is 0.323. The summed E-state index contributed by atoms with van der Waals surface area (Å²) in [5.41, 5.74) is 7.82. The van der Waals surface area contributed by atoms with E-state index < -0.39 is 4.92 Å². The van der Waals surface area contributed by atoms with Gasteiger partial charge >= 0.3 is 0 Å². The van der Waals surface area contributed by atoms with Crippen LogP contribution in [0.25, 0.3) is 11.0 Å². The zero-order valence-corrected chi connectivity index (χ0v) is 10.8. The number of aromatic amines is 1. The summed E-state index contributed by atoms with van der Waals surface area (Å²) >= 11 is 0. The summed E-state index contributed by atoms with van der Waals surface area (Å²) in [7, 11) is 0. The molecule has 0 radical (unpaired) electrons. The highest BCUT2D eigenvalue weighted by Gasteiger charge is 2.16. The smallest absolute Gasteiger partial charge is 0.270 e. The molecule has 0 saturated heterocycles. The van der Waals surface area contributed by atoms with E-state index in [1.165, 1.54) is 18.2 Å². The minimum absolute atomic E-state index is 0.0207. The average molecular weight is 281 g/mol. The number of benzene rings is 2. The fourth-order valence-electron chi connectivity index (χ4n) is 2.07. The molecule has 1 aromatic heterocycles. The second-order valence-corrected chi connectivity index (χ2v) is 4.51. The number of para-hydroxylation sites is 2. The number of H-pyrrole nitrogens is 1. The minimum Gasteiger partial charge on any atom is -0.398 e. The summed E-state index contributed by atoms with van der Waals surface area (Å²) in [6.07, 6.45) is 0. The molecule has 7 nitrogen and oxygen atoms in total. The highest BCUT2D eigenvalue weighted by Crippen LogP contribution is 2.22. The lowest BCUT2D eigenvalue weighted by molar-refractivity contribution is -0.384. The molecule has 0 fully saturated rings. The number of nitro groups is 1. The number of hydrogen-bond acceptors (Lipinski definition) is 5. The lowest BCUT2D eigenvalue weighted by Gasteiger charge is -2.04. The number of nitrogens with two attached hydrogens (primary N) is 1. The van der Waals surface area contributed by atoms with Crippen LogP contribution >= 0.6 is 0 Å². The van der Waals surface area contributed by atoms with Gasteiger partial charge in [-0.25, -0.2) is 4.98 Å².